The van der Waals surface area contributed by atoms with Crippen molar-refractivity contribution in [3.05, 3.63) is 34.9 Å². The Bertz CT molecular complexity index is 355. The van der Waals surface area contributed by atoms with Crippen molar-refractivity contribution in [1.82, 2.24) is 5.32 Å². The van der Waals surface area contributed by atoms with Gasteiger partial charge in [0.25, 0.3) is 0 Å². The molecule has 94 valence electrons. The fraction of sp³-hybridized carbons (Fsp3) is 0.625. The van der Waals surface area contributed by atoms with E-state index in [9.17, 15) is 0 Å². The molecule has 2 rings (SSSR count). The van der Waals surface area contributed by atoms with Crippen LogP contribution < -0.4 is 5.32 Å². The van der Waals surface area contributed by atoms with Crippen molar-refractivity contribution in [2.24, 2.45) is 5.41 Å². The molecule has 1 fully saturated rings. The molecule has 1 N–H and O–H groups in total. The van der Waals surface area contributed by atoms with E-state index < -0.39 is 0 Å². The fourth-order valence-electron chi connectivity index (χ4n) is 3.52. The third-order valence-electron chi connectivity index (χ3n) is 4.08. The molecule has 1 aromatic carbocycles. The minimum atomic E-state index is 0.523. The summed E-state index contributed by atoms with van der Waals surface area (Å²) in [5.74, 6) is 0. The van der Waals surface area contributed by atoms with Crippen molar-refractivity contribution in [3.63, 3.8) is 0 Å². The smallest absolute Gasteiger partial charge is 0.000799 e. The maximum absolute atomic E-state index is 3.40. The standard InChI is InChI=1S/C16H25N/c1-13-8-14(2)10-15(9-13)11-16(12-17-3)6-4-5-7-16/h8-10,17H,4-7,11-12H2,1-3H3. The summed E-state index contributed by atoms with van der Waals surface area (Å²) in [6.07, 6.45) is 6.84. The number of hydrogen-bond donors (Lipinski definition) is 1. The second kappa shape index (κ2) is 5.22. The summed E-state index contributed by atoms with van der Waals surface area (Å²) < 4.78 is 0. The molecule has 0 bridgehead atoms. The van der Waals surface area contributed by atoms with Crippen LogP contribution in [0.5, 0.6) is 0 Å². The molecule has 1 aliphatic carbocycles. The van der Waals surface area contributed by atoms with Gasteiger partial charge in [-0.2, -0.15) is 0 Å². The predicted molar refractivity (Wildman–Crippen MR) is 74.4 cm³/mol. The molecule has 0 aromatic heterocycles. The summed E-state index contributed by atoms with van der Waals surface area (Å²) in [6, 6.07) is 6.99. The Morgan fingerprint density at radius 2 is 1.65 bits per heavy atom. The molecule has 0 atom stereocenters. The first kappa shape index (κ1) is 12.6. The monoisotopic (exact) mass is 231 g/mol. The average molecular weight is 231 g/mol. The molecule has 0 radical (unpaired) electrons. The Labute approximate surface area is 106 Å². The number of hydrogen-bond acceptors (Lipinski definition) is 1. The Morgan fingerprint density at radius 3 is 2.18 bits per heavy atom. The first-order chi connectivity index (χ1) is 8.13. The molecular formula is C16H25N. The number of rotatable bonds is 4. The van der Waals surface area contributed by atoms with E-state index in [4.69, 9.17) is 0 Å². The summed E-state index contributed by atoms with van der Waals surface area (Å²) in [5.41, 5.74) is 4.85. The van der Waals surface area contributed by atoms with Gasteiger partial charge in [0, 0.05) is 6.54 Å². The molecule has 1 saturated carbocycles. The van der Waals surface area contributed by atoms with Crippen LogP contribution in [0.2, 0.25) is 0 Å². The van der Waals surface area contributed by atoms with Crippen LogP contribution in [0, 0.1) is 19.3 Å². The van der Waals surface area contributed by atoms with Gasteiger partial charge in [-0.3, -0.25) is 0 Å². The molecule has 0 aliphatic heterocycles. The molecule has 0 saturated heterocycles. The van der Waals surface area contributed by atoms with Crippen LogP contribution in [0.1, 0.15) is 42.4 Å². The molecular weight excluding hydrogens is 206 g/mol. The SMILES string of the molecule is CNCC1(Cc2cc(C)cc(C)c2)CCCC1. The minimum absolute atomic E-state index is 0.523. The van der Waals surface area contributed by atoms with Gasteiger partial charge < -0.3 is 5.32 Å². The largest absolute Gasteiger partial charge is 0.319 e. The van der Waals surface area contributed by atoms with Crippen LogP contribution >= 0.6 is 0 Å². The molecule has 0 unspecified atom stereocenters. The highest BCUT2D eigenvalue weighted by Crippen LogP contribution is 2.40. The minimum Gasteiger partial charge on any atom is -0.319 e. The van der Waals surface area contributed by atoms with Crippen LogP contribution in [0.25, 0.3) is 0 Å². The average Bonchev–Trinajstić information content (AvgIpc) is 2.65. The Balaban J connectivity index is 2.17. The molecule has 1 aromatic rings. The lowest BCUT2D eigenvalue weighted by Crippen LogP contribution is -2.32. The highest BCUT2D eigenvalue weighted by molar-refractivity contribution is 5.29. The van der Waals surface area contributed by atoms with E-state index in [0.717, 1.165) is 0 Å². The van der Waals surface area contributed by atoms with Gasteiger partial charge in [-0.15, -0.1) is 0 Å². The number of nitrogens with one attached hydrogen (secondary N) is 1. The van der Waals surface area contributed by atoms with E-state index in [-0.39, 0.29) is 0 Å². The summed E-state index contributed by atoms with van der Waals surface area (Å²) >= 11 is 0. The third kappa shape index (κ3) is 3.10. The molecule has 0 heterocycles. The first-order valence-electron chi connectivity index (χ1n) is 6.85. The van der Waals surface area contributed by atoms with Gasteiger partial charge in [0.15, 0.2) is 0 Å². The van der Waals surface area contributed by atoms with Gasteiger partial charge in [0.2, 0.25) is 0 Å². The maximum atomic E-state index is 3.40. The van der Waals surface area contributed by atoms with Crippen molar-refractivity contribution in [3.8, 4) is 0 Å². The van der Waals surface area contributed by atoms with Crippen LogP contribution in [-0.2, 0) is 6.42 Å². The summed E-state index contributed by atoms with van der Waals surface area (Å²) in [4.78, 5) is 0. The zero-order valence-electron chi connectivity index (χ0n) is 11.5. The van der Waals surface area contributed by atoms with Crippen LogP contribution in [0.3, 0.4) is 0 Å². The van der Waals surface area contributed by atoms with Crippen LogP contribution in [0.4, 0.5) is 0 Å². The lowest BCUT2D eigenvalue weighted by atomic mass is 9.79. The summed E-state index contributed by atoms with van der Waals surface area (Å²) in [6.45, 7) is 5.58. The van der Waals surface area contributed by atoms with Gasteiger partial charge >= 0.3 is 0 Å². The van der Waals surface area contributed by atoms with Crippen molar-refractivity contribution in [1.29, 1.82) is 0 Å². The zero-order chi connectivity index (χ0) is 12.3. The van der Waals surface area contributed by atoms with Crippen molar-refractivity contribution in [2.45, 2.75) is 46.0 Å². The molecule has 1 nitrogen and oxygen atoms in total. The zero-order valence-corrected chi connectivity index (χ0v) is 11.5. The molecule has 17 heavy (non-hydrogen) atoms. The van der Waals surface area contributed by atoms with E-state index in [1.807, 2.05) is 0 Å². The number of benzene rings is 1. The van der Waals surface area contributed by atoms with E-state index in [1.54, 1.807) is 0 Å². The quantitative estimate of drug-likeness (QED) is 0.834. The van der Waals surface area contributed by atoms with E-state index in [0.29, 0.717) is 5.41 Å². The highest BCUT2D eigenvalue weighted by Gasteiger charge is 2.33. The van der Waals surface area contributed by atoms with Gasteiger partial charge in [0.1, 0.15) is 0 Å². The number of aryl methyl sites for hydroxylation is 2. The van der Waals surface area contributed by atoms with Crippen molar-refractivity contribution >= 4 is 0 Å². The predicted octanol–water partition coefficient (Wildman–Crippen LogP) is 3.63. The van der Waals surface area contributed by atoms with E-state index >= 15 is 0 Å². The van der Waals surface area contributed by atoms with Crippen LogP contribution in [-0.4, -0.2) is 13.6 Å². The Hall–Kier alpha value is -0.820. The highest BCUT2D eigenvalue weighted by atomic mass is 14.8. The normalized spacial score (nSPS) is 18.5. The lowest BCUT2D eigenvalue weighted by molar-refractivity contribution is 0.285. The molecule has 0 spiro atoms. The molecule has 1 aliphatic rings. The maximum Gasteiger partial charge on any atom is 0.000799 e. The van der Waals surface area contributed by atoms with Gasteiger partial charge in [0.05, 0.1) is 0 Å². The van der Waals surface area contributed by atoms with E-state index in [1.165, 1.54) is 55.3 Å². The topological polar surface area (TPSA) is 12.0 Å². The summed E-state index contributed by atoms with van der Waals surface area (Å²) in [7, 11) is 2.08. The van der Waals surface area contributed by atoms with Gasteiger partial charge in [-0.1, -0.05) is 42.2 Å². The van der Waals surface area contributed by atoms with Gasteiger partial charge in [-0.25, -0.2) is 0 Å². The van der Waals surface area contributed by atoms with Crippen LogP contribution in [0.15, 0.2) is 18.2 Å². The Kier molecular flexibility index (Phi) is 3.88. The van der Waals surface area contributed by atoms with Gasteiger partial charge in [-0.05, 0) is 51.1 Å². The lowest BCUT2D eigenvalue weighted by Gasteiger charge is -2.29. The third-order valence-corrected chi connectivity index (χ3v) is 4.08. The Morgan fingerprint density at radius 1 is 1.06 bits per heavy atom. The molecule has 0 amide bonds. The second-order valence-electron chi connectivity index (χ2n) is 5.91. The van der Waals surface area contributed by atoms with E-state index in [2.05, 4.69) is 44.4 Å². The van der Waals surface area contributed by atoms with Crippen molar-refractivity contribution < 1.29 is 0 Å². The fourth-order valence-corrected chi connectivity index (χ4v) is 3.52. The first-order valence-corrected chi connectivity index (χ1v) is 6.85. The molecule has 1 heteroatoms. The summed E-state index contributed by atoms with van der Waals surface area (Å²) in [5, 5.41) is 3.40. The van der Waals surface area contributed by atoms with Crippen molar-refractivity contribution in [2.75, 3.05) is 13.6 Å². The second-order valence-corrected chi connectivity index (χ2v) is 5.91.